The largest absolute Gasteiger partial charge is 0.445 e. The maximum atomic E-state index is 12.1. The van der Waals surface area contributed by atoms with Crippen LogP contribution in [0.15, 0.2) is 61.1 Å². The minimum Gasteiger partial charge on any atom is -0.445 e. The molecule has 0 fully saturated rings. The van der Waals surface area contributed by atoms with Crippen LogP contribution in [0.2, 0.25) is 0 Å². The van der Waals surface area contributed by atoms with Gasteiger partial charge in [-0.2, -0.15) is 0 Å². The molecule has 9 nitrogen and oxygen atoms in total. The number of H-pyrrole nitrogens is 1. The first-order valence-electron chi connectivity index (χ1n) is 10.5. The Morgan fingerprint density at radius 3 is 2.88 bits per heavy atom. The number of alkyl carbamates (subject to hydrolysis) is 1. The molecule has 166 valence electrons. The van der Waals surface area contributed by atoms with Crippen molar-refractivity contribution in [2.75, 3.05) is 12.4 Å². The summed E-state index contributed by atoms with van der Waals surface area (Å²) in [5.41, 5.74) is 6.18. The van der Waals surface area contributed by atoms with Crippen LogP contribution in [0.5, 0.6) is 0 Å². The summed E-state index contributed by atoms with van der Waals surface area (Å²) in [4.78, 5) is 28.8. The molecule has 0 unspecified atom stereocenters. The number of hydrogen-bond donors (Lipinski definition) is 3. The van der Waals surface area contributed by atoms with E-state index in [9.17, 15) is 4.79 Å². The third kappa shape index (κ3) is 4.08. The molecular formula is C24H23N7O2. The fourth-order valence-electron chi connectivity index (χ4n) is 3.82. The highest BCUT2D eigenvalue weighted by Gasteiger charge is 2.15. The van der Waals surface area contributed by atoms with Crippen molar-refractivity contribution in [3.63, 3.8) is 0 Å². The van der Waals surface area contributed by atoms with E-state index >= 15 is 0 Å². The Labute approximate surface area is 189 Å². The van der Waals surface area contributed by atoms with Gasteiger partial charge in [-0.25, -0.2) is 14.8 Å². The van der Waals surface area contributed by atoms with E-state index in [1.807, 2.05) is 61.1 Å². The van der Waals surface area contributed by atoms with E-state index in [1.165, 1.54) is 0 Å². The van der Waals surface area contributed by atoms with Gasteiger partial charge in [-0.05, 0) is 35.4 Å². The fraction of sp³-hybridized carbons (Fsp3) is 0.167. The van der Waals surface area contributed by atoms with Gasteiger partial charge in [-0.3, -0.25) is 4.98 Å². The first-order chi connectivity index (χ1) is 16.1. The summed E-state index contributed by atoms with van der Waals surface area (Å²) in [7, 11) is 3.81. The number of carbonyl (C=O) groups is 1. The molecule has 5 aromatic rings. The van der Waals surface area contributed by atoms with E-state index in [0.29, 0.717) is 6.54 Å². The minimum atomic E-state index is -0.487. The first kappa shape index (κ1) is 20.5. The summed E-state index contributed by atoms with van der Waals surface area (Å²) in [6.45, 7) is 0.481. The maximum Gasteiger partial charge on any atom is 0.407 e. The highest BCUT2D eigenvalue weighted by molar-refractivity contribution is 6.07. The number of aromatic nitrogens is 5. The zero-order valence-electron chi connectivity index (χ0n) is 18.3. The van der Waals surface area contributed by atoms with E-state index in [0.717, 1.165) is 50.4 Å². The molecule has 0 spiro atoms. The second kappa shape index (κ2) is 8.62. The van der Waals surface area contributed by atoms with Gasteiger partial charge in [0, 0.05) is 31.4 Å². The molecule has 0 atom stereocenters. The summed E-state index contributed by atoms with van der Waals surface area (Å²) >= 11 is 0. The molecule has 1 aromatic carbocycles. The second-order valence-electron chi connectivity index (χ2n) is 7.66. The molecule has 0 aliphatic carbocycles. The Balaban J connectivity index is 1.34. The topological polar surface area (TPSA) is 110 Å². The number of carbonyl (C=O) groups excluding carboxylic acids is 1. The lowest BCUT2D eigenvalue weighted by atomic mass is 10.1. The monoisotopic (exact) mass is 441 g/mol. The lowest BCUT2D eigenvalue weighted by molar-refractivity contribution is 0.139. The van der Waals surface area contributed by atoms with E-state index in [-0.39, 0.29) is 6.61 Å². The predicted molar refractivity (Wildman–Crippen MR) is 127 cm³/mol. The Hall–Kier alpha value is -4.40. The molecule has 0 saturated heterocycles. The zero-order valence-corrected chi connectivity index (χ0v) is 18.3. The molecule has 3 N–H and O–H groups in total. The molecule has 4 heterocycles. The third-order valence-corrected chi connectivity index (χ3v) is 5.42. The Morgan fingerprint density at radius 2 is 2.06 bits per heavy atom. The Morgan fingerprint density at radius 1 is 1.15 bits per heavy atom. The van der Waals surface area contributed by atoms with Crippen molar-refractivity contribution in [3.05, 3.63) is 72.3 Å². The maximum absolute atomic E-state index is 12.1. The minimum absolute atomic E-state index is 0.163. The van der Waals surface area contributed by atoms with Gasteiger partial charge >= 0.3 is 6.09 Å². The van der Waals surface area contributed by atoms with E-state index in [1.54, 1.807) is 12.5 Å². The molecule has 0 aliphatic heterocycles. The van der Waals surface area contributed by atoms with Crippen molar-refractivity contribution in [3.8, 4) is 11.3 Å². The van der Waals surface area contributed by atoms with Gasteiger partial charge in [0.1, 0.15) is 17.8 Å². The fourth-order valence-corrected chi connectivity index (χ4v) is 3.82. The van der Waals surface area contributed by atoms with Crippen LogP contribution in [-0.4, -0.2) is 37.6 Å². The molecule has 5 rings (SSSR count). The summed E-state index contributed by atoms with van der Waals surface area (Å²) < 4.78 is 7.36. The van der Waals surface area contributed by atoms with Crippen LogP contribution < -0.4 is 10.6 Å². The summed E-state index contributed by atoms with van der Waals surface area (Å²) in [6, 6.07) is 15.5. The van der Waals surface area contributed by atoms with Gasteiger partial charge in [0.15, 0.2) is 5.82 Å². The van der Waals surface area contributed by atoms with Crippen molar-refractivity contribution in [1.29, 1.82) is 0 Å². The summed E-state index contributed by atoms with van der Waals surface area (Å²) in [5.74, 6) is 0.727. The molecule has 0 radical (unpaired) electrons. The molecule has 9 heteroatoms. The van der Waals surface area contributed by atoms with Crippen LogP contribution in [0.1, 0.15) is 11.3 Å². The van der Waals surface area contributed by atoms with Crippen molar-refractivity contribution < 1.29 is 9.53 Å². The van der Waals surface area contributed by atoms with Crippen LogP contribution in [0.4, 0.5) is 10.6 Å². The predicted octanol–water partition coefficient (Wildman–Crippen LogP) is 3.98. The number of rotatable bonds is 6. The smallest absolute Gasteiger partial charge is 0.407 e. The Kier molecular flexibility index (Phi) is 5.35. The average molecular weight is 441 g/mol. The van der Waals surface area contributed by atoms with Crippen molar-refractivity contribution in [1.82, 2.24) is 29.8 Å². The van der Waals surface area contributed by atoms with Crippen molar-refractivity contribution >= 4 is 34.0 Å². The van der Waals surface area contributed by atoms with Gasteiger partial charge in [0.25, 0.3) is 0 Å². The first-order valence-corrected chi connectivity index (χ1v) is 10.5. The highest BCUT2D eigenvalue weighted by Crippen LogP contribution is 2.31. The summed E-state index contributed by atoms with van der Waals surface area (Å²) in [5, 5.41) is 6.82. The molecule has 1 amide bonds. The number of aryl methyl sites for hydroxylation is 1. The standard InChI is InChI=1S/C24H23N7O2/c1-25-23-20-21(31(2)14-28-20)18-11-19(29-22(18)30-23)16-7-5-6-15(10-16)13-33-24(32)27-12-17-8-3-4-9-26-17/h3-11,14H,12-13H2,1-2H3,(H,27,32)(H2,25,29,30). The van der Waals surface area contributed by atoms with Crippen molar-refractivity contribution in [2.45, 2.75) is 13.2 Å². The number of anilines is 1. The van der Waals surface area contributed by atoms with E-state index < -0.39 is 6.09 Å². The Bertz CT molecular complexity index is 1440. The van der Waals surface area contributed by atoms with Crippen LogP contribution in [-0.2, 0) is 24.9 Å². The quantitative estimate of drug-likeness (QED) is 0.368. The van der Waals surface area contributed by atoms with Crippen LogP contribution in [0, 0.1) is 0 Å². The van der Waals surface area contributed by atoms with Crippen LogP contribution >= 0.6 is 0 Å². The highest BCUT2D eigenvalue weighted by atomic mass is 16.5. The molecule has 0 aliphatic rings. The number of benzene rings is 1. The van der Waals surface area contributed by atoms with Crippen LogP contribution in [0.25, 0.3) is 33.3 Å². The third-order valence-electron chi connectivity index (χ3n) is 5.42. The lowest BCUT2D eigenvalue weighted by Gasteiger charge is -2.08. The molecule has 0 saturated carbocycles. The van der Waals surface area contributed by atoms with Gasteiger partial charge in [-0.15, -0.1) is 0 Å². The van der Waals surface area contributed by atoms with Crippen molar-refractivity contribution in [2.24, 2.45) is 7.05 Å². The average Bonchev–Trinajstić information content (AvgIpc) is 3.45. The van der Waals surface area contributed by atoms with E-state index in [4.69, 9.17) is 4.74 Å². The van der Waals surface area contributed by atoms with Gasteiger partial charge in [0.2, 0.25) is 0 Å². The van der Waals surface area contributed by atoms with Gasteiger partial charge in [-0.1, -0.05) is 24.3 Å². The second-order valence-corrected chi connectivity index (χ2v) is 7.66. The van der Waals surface area contributed by atoms with Gasteiger partial charge < -0.3 is 24.9 Å². The molecular weight excluding hydrogens is 418 g/mol. The summed E-state index contributed by atoms with van der Waals surface area (Å²) in [6.07, 6.45) is 2.99. The van der Waals surface area contributed by atoms with Gasteiger partial charge in [0.05, 0.1) is 24.1 Å². The van der Waals surface area contributed by atoms with E-state index in [2.05, 4.69) is 36.6 Å². The number of pyridine rings is 2. The molecule has 0 bridgehead atoms. The number of ether oxygens (including phenoxy) is 1. The zero-order chi connectivity index (χ0) is 22.8. The molecule has 4 aromatic heterocycles. The van der Waals surface area contributed by atoms with Crippen LogP contribution in [0.3, 0.4) is 0 Å². The number of nitrogens with zero attached hydrogens (tertiary/aromatic N) is 4. The SMILES string of the molecule is CNc1nc2[nH]c(-c3cccc(COC(=O)NCc4ccccn4)c3)cc2c2c1ncn2C. The lowest BCUT2D eigenvalue weighted by Crippen LogP contribution is -2.24. The number of amides is 1. The molecule has 33 heavy (non-hydrogen) atoms. The number of nitrogens with one attached hydrogen (secondary N) is 3. The number of hydrogen-bond acceptors (Lipinski definition) is 6. The normalized spacial score (nSPS) is 11.1. The number of fused-ring (bicyclic) bond motifs is 3. The number of imidazole rings is 1. The number of aromatic amines is 1.